The molecule has 0 bridgehead atoms. The first-order valence-corrected chi connectivity index (χ1v) is 12.7. The standard InChI is InChI=1S/C30H30N6O/c1-21(23-12-10-22(16-31)11-13-23)17-33-29(24-6-3-2-4-7-24)30(37)35-28-15-14-25(18-32-28)26-19-34-36(20-26)27-8-5-9-27/h2-4,6-7,10-15,18-21,27,29,33H,5,8-9,17H2,1H3,(H,32,35,37)/t21-,29?/m1/s1. The lowest BCUT2D eigenvalue weighted by Crippen LogP contribution is -2.35. The van der Waals surface area contributed by atoms with Crippen LogP contribution in [-0.2, 0) is 4.79 Å². The summed E-state index contributed by atoms with van der Waals surface area (Å²) in [5, 5.41) is 19.9. The normalized spacial score (nSPS) is 14.8. The fourth-order valence-corrected chi connectivity index (χ4v) is 4.48. The van der Waals surface area contributed by atoms with Gasteiger partial charge < -0.3 is 10.6 Å². The van der Waals surface area contributed by atoms with Crippen molar-refractivity contribution in [1.82, 2.24) is 20.1 Å². The van der Waals surface area contributed by atoms with Crippen molar-refractivity contribution in [2.24, 2.45) is 0 Å². The number of nitriles is 1. The third kappa shape index (κ3) is 5.76. The Labute approximate surface area is 217 Å². The van der Waals surface area contributed by atoms with Crippen LogP contribution in [0.4, 0.5) is 5.82 Å². The second-order valence-corrected chi connectivity index (χ2v) is 9.60. The molecule has 0 radical (unpaired) electrons. The summed E-state index contributed by atoms with van der Waals surface area (Å²) in [5.41, 5.74) is 4.62. The lowest BCUT2D eigenvalue weighted by Gasteiger charge is -2.25. The zero-order chi connectivity index (χ0) is 25.6. The zero-order valence-corrected chi connectivity index (χ0v) is 20.8. The molecule has 7 heteroatoms. The average molecular weight is 491 g/mol. The van der Waals surface area contributed by atoms with E-state index < -0.39 is 6.04 Å². The molecule has 186 valence electrons. The summed E-state index contributed by atoms with van der Waals surface area (Å²) >= 11 is 0. The number of rotatable bonds is 9. The van der Waals surface area contributed by atoms with E-state index >= 15 is 0 Å². The van der Waals surface area contributed by atoms with E-state index in [0.29, 0.717) is 24.0 Å². The molecule has 1 fully saturated rings. The van der Waals surface area contributed by atoms with Crippen molar-refractivity contribution in [2.45, 2.75) is 44.2 Å². The predicted octanol–water partition coefficient (Wildman–Crippen LogP) is 5.61. The highest BCUT2D eigenvalue weighted by Crippen LogP contribution is 2.32. The van der Waals surface area contributed by atoms with Crippen molar-refractivity contribution < 1.29 is 4.79 Å². The number of benzene rings is 2. The van der Waals surface area contributed by atoms with Crippen molar-refractivity contribution in [1.29, 1.82) is 5.26 Å². The number of carbonyl (C=O) groups excluding carboxylic acids is 1. The number of nitrogens with zero attached hydrogens (tertiary/aromatic N) is 4. The maximum Gasteiger partial charge on any atom is 0.247 e. The van der Waals surface area contributed by atoms with Crippen LogP contribution < -0.4 is 10.6 Å². The van der Waals surface area contributed by atoms with E-state index in [4.69, 9.17) is 5.26 Å². The summed E-state index contributed by atoms with van der Waals surface area (Å²) in [6.45, 7) is 2.69. The van der Waals surface area contributed by atoms with Gasteiger partial charge in [-0.25, -0.2) is 4.98 Å². The highest BCUT2D eigenvalue weighted by molar-refractivity contribution is 5.95. The van der Waals surface area contributed by atoms with Crippen LogP contribution in [0, 0.1) is 11.3 Å². The summed E-state index contributed by atoms with van der Waals surface area (Å²) in [6, 6.07) is 23.2. The first-order chi connectivity index (χ1) is 18.1. The maximum absolute atomic E-state index is 13.4. The van der Waals surface area contributed by atoms with Crippen molar-refractivity contribution in [3.8, 4) is 17.2 Å². The Kier molecular flexibility index (Phi) is 7.38. The van der Waals surface area contributed by atoms with E-state index in [1.165, 1.54) is 19.3 Å². The molecule has 0 saturated heterocycles. The molecule has 2 aromatic heterocycles. The van der Waals surface area contributed by atoms with Crippen LogP contribution >= 0.6 is 0 Å². The second kappa shape index (κ2) is 11.2. The van der Waals surface area contributed by atoms with Gasteiger partial charge in [0.2, 0.25) is 5.91 Å². The van der Waals surface area contributed by atoms with Gasteiger partial charge in [0.25, 0.3) is 0 Å². The van der Waals surface area contributed by atoms with Gasteiger partial charge in [-0.15, -0.1) is 0 Å². The maximum atomic E-state index is 13.4. The molecule has 1 aliphatic rings. The summed E-state index contributed by atoms with van der Waals surface area (Å²) in [5.74, 6) is 0.490. The molecule has 1 aliphatic carbocycles. The molecule has 0 aliphatic heterocycles. The van der Waals surface area contributed by atoms with Crippen molar-refractivity contribution in [3.05, 3.63) is 102 Å². The molecule has 1 unspecified atom stereocenters. The van der Waals surface area contributed by atoms with Crippen LogP contribution in [0.3, 0.4) is 0 Å². The summed E-state index contributed by atoms with van der Waals surface area (Å²) in [6.07, 6.45) is 9.36. The molecule has 2 atom stereocenters. The lowest BCUT2D eigenvalue weighted by molar-refractivity contribution is -0.118. The smallest absolute Gasteiger partial charge is 0.247 e. The largest absolute Gasteiger partial charge is 0.309 e. The number of anilines is 1. The van der Waals surface area contributed by atoms with Gasteiger partial charge in [-0.05, 0) is 60.6 Å². The Morgan fingerprint density at radius 1 is 1.03 bits per heavy atom. The van der Waals surface area contributed by atoms with Crippen LogP contribution in [0.15, 0.2) is 85.3 Å². The average Bonchev–Trinajstić information content (AvgIpc) is 3.38. The van der Waals surface area contributed by atoms with Crippen molar-refractivity contribution >= 4 is 11.7 Å². The fraction of sp³-hybridized carbons (Fsp3) is 0.267. The predicted molar refractivity (Wildman–Crippen MR) is 144 cm³/mol. The minimum atomic E-state index is -0.538. The number of nitrogens with one attached hydrogen (secondary N) is 2. The SMILES string of the molecule is C[C@H](CNC(C(=O)Nc1ccc(-c2cnn(C3CCC3)c2)cn1)c1ccccc1)c1ccc(C#N)cc1. The number of aromatic nitrogens is 3. The van der Waals surface area contributed by atoms with Gasteiger partial charge in [-0.1, -0.05) is 49.4 Å². The minimum absolute atomic E-state index is 0.157. The van der Waals surface area contributed by atoms with E-state index in [2.05, 4.69) is 39.9 Å². The fourth-order valence-electron chi connectivity index (χ4n) is 4.48. The number of amides is 1. The Hall–Kier alpha value is -4.28. The van der Waals surface area contributed by atoms with Crippen molar-refractivity contribution in [3.63, 3.8) is 0 Å². The van der Waals surface area contributed by atoms with Crippen molar-refractivity contribution in [2.75, 3.05) is 11.9 Å². The van der Waals surface area contributed by atoms with Gasteiger partial charge in [0.15, 0.2) is 0 Å². The molecule has 0 spiro atoms. The lowest BCUT2D eigenvalue weighted by atomic mass is 9.93. The number of hydrogen-bond donors (Lipinski definition) is 2. The van der Waals surface area contributed by atoms with E-state index in [9.17, 15) is 4.79 Å². The van der Waals surface area contributed by atoms with Crippen LogP contribution in [-0.4, -0.2) is 27.2 Å². The summed E-state index contributed by atoms with van der Waals surface area (Å²) < 4.78 is 2.05. The Balaban J connectivity index is 1.25. The van der Waals surface area contributed by atoms with E-state index in [1.807, 2.05) is 77.6 Å². The monoisotopic (exact) mass is 490 g/mol. The minimum Gasteiger partial charge on any atom is -0.309 e. The second-order valence-electron chi connectivity index (χ2n) is 9.60. The number of pyridine rings is 1. The molecule has 7 nitrogen and oxygen atoms in total. The van der Waals surface area contributed by atoms with Gasteiger partial charge in [0.05, 0.1) is 23.9 Å². The van der Waals surface area contributed by atoms with Gasteiger partial charge in [0, 0.05) is 30.1 Å². The van der Waals surface area contributed by atoms with Gasteiger partial charge in [-0.3, -0.25) is 9.48 Å². The van der Waals surface area contributed by atoms with E-state index in [1.54, 1.807) is 6.20 Å². The van der Waals surface area contributed by atoms with Gasteiger partial charge in [0.1, 0.15) is 11.9 Å². The number of carbonyl (C=O) groups is 1. The van der Waals surface area contributed by atoms with E-state index in [0.717, 1.165) is 22.3 Å². The third-order valence-corrected chi connectivity index (χ3v) is 7.03. The molecule has 4 aromatic rings. The Morgan fingerprint density at radius 2 is 1.81 bits per heavy atom. The van der Waals surface area contributed by atoms with Crippen LogP contribution in [0.25, 0.3) is 11.1 Å². The van der Waals surface area contributed by atoms with E-state index in [-0.39, 0.29) is 11.8 Å². The molecular weight excluding hydrogens is 460 g/mol. The number of hydrogen-bond acceptors (Lipinski definition) is 5. The molecule has 2 aromatic carbocycles. The Morgan fingerprint density at radius 3 is 2.46 bits per heavy atom. The molecular formula is C30H30N6O. The van der Waals surface area contributed by atoms with Crippen LogP contribution in [0.2, 0.25) is 0 Å². The van der Waals surface area contributed by atoms with Gasteiger partial charge in [-0.2, -0.15) is 10.4 Å². The molecule has 2 heterocycles. The molecule has 2 N–H and O–H groups in total. The summed E-state index contributed by atoms with van der Waals surface area (Å²) in [7, 11) is 0. The zero-order valence-electron chi connectivity index (χ0n) is 20.8. The van der Waals surface area contributed by atoms with Gasteiger partial charge >= 0.3 is 0 Å². The van der Waals surface area contributed by atoms with Crippen LogP contribution in [0.1, 0.15) is 60.9 Å². The molecule has 5 rings (SSSR count). The molecule has 1 amide bonds. The first-order valence-electron chi connectivity index (χ1n) is 12.7. The Bertz CT molecular complexity index is 1370. The molecule has 37 heavy (non-hydrogen) atoms. The first kappa shape index (κ1) is 24.4. The topological polar surface area (TPSA) is 95.6 Å². The molecule has 1 saturated carbocycles. The highest BCUT2D eigenvalue weighted by Gasteiger charge is 2.22. The third-order valence-electron chi connectivity index (χ3n) is 7.03. The highest BCUT2D eigenvalue weighted by atomic mass is 16.2. The summed E-state index contributed by atoms with van der Waals surface area (Å²) in [4.78, 5) is 17.9. The van der Waals surface area contributed by atoms with Crippen LogP contribution in [0.5, 0.6) is 0 Å². The quantitative estimate of drug-likeness (QED) is 0.318.